The molecule has 0 fully saturated rings. The van der Waals surface area contributed by atoms with Crippen LogP contribution < -0.4 is 4.74 Å². The van der Waals surface area contributed by atoms with Gasteiger partial charge in [0.15, 0.2) is 11.0 Å². The molecule has 10 heteroatoms. The van der Waals surface area contributed by atoms with Crippen molar-refractivity contribution in [2.24, 2.45) is 0 Å². The number of hydrogen-bond donors (Lipinski definition) is 0. The van der Waals surface area contributed by atoms with Crippen molar-refractivity contribution in [3.8, 4) is 5.75 Å². The van der Waals surface area contributed by atoms with Crippen LogP contribution in [0.1, 0.15) is 11.4 Å². The van der Waals surface area contributed by atoms with Crippen molar-refractivity contribution in [3.05, 3.63) is 78.4 Å². The molecule has 3 rings (SSSR count). The first-order valence-electron chi connectivity index (χ1n) is 9.37. The van der Waals surface area contributed by atoms with Gasteiger partial charge in [-0.15, -0.1) is 16.8 Å². The summed E-state index contributed by atoms with van der Waals surface area (Å²) < 4.78 is 46.5. The predicted octanol–water partition coefficient (Wildman–Crippen LogP) is 3.72. The molecule has 0 aliphatic carbocycles. The lowest BCUT2D eigenvalue weighted by Crippen LogP contribution is -2.22. The Balaban J connectivity index is 1.72. The van der Waals surface area contributed by atoms with Crippen LogP contribution in [-0.2, 0) is 28.9 Å². The highest BCUT2D eigenvalue weighted by molar-refractivity contribution is 7.98. The van der Waals surface area contributed by atoms with E-state index < -0.39 is 10.0 Å². The summed E-state index contributed by atoms with van der Waals surface area (Å²) in [7, 11) is -0.486. The number of hydrogen-bond acceptors (Lipinski definition) is 6. The van der Waals surface area contributed by atoms with E-state index in [-0.39, 0.29) is 17.3 Å². The van der Waals surface area contributed by atoms with Crippen LogP contribution in [0.2, 0.25) is 0 Å². The van der Waals surface area contributed by atoms with E-state index in [1.807, 2.05) is 10.6 Å². The standard InChI is InChI=1S/C21H23FN4O3S2/c1-4-12-26-20(14-29-18-10-8-17(22)9-11-18)23-24-21(26)30-15-16-6-5-7-19(13-16)31(27,28)25(2)3/h4-11,13H,1,12,14-15H2,2-3H3. The van der Waals surface area contributed by atoms with Crippen molar-refractivity contribution in [1.29, 1.82) is 0 Å². The highest BCUT2D eigenvalue weighted by Crippen LogP contribution is 2.25. The summed E-state index contributed by atoms with van der Waals surface area (Å²) in [5.41, 5.74) is 0.852. The number of nitrogens with zero attached hydrogens (tertiary/aromatic N) is 4. The highest BCUT2D eigenvalue weighted by Gasteiger charge is 2.18. The van der Waals surface area contributed by atoms with Crippen LogP contribution in [0.4, 0.5) is 4.39 Å². The first kappa shape index (κ1) is 23.0. The van der Waals surface area contributed by atoms with E-state index in [2.05, 4.69) is 16.8 Å². The van der Waals surface area contributed by atoms with Crippen molar-refractivity contribution < 1.29 is 17.5 Å². The molecule has 7 nitrogen and oxygen atoms in total. The van der Waals surface area contributed by atoms with Crippen molar-refractivity contribution in [2.75, 3.05) is 14.1 Å². The average Bonchev–Trinajstić information content (AvgIpc) is 3.14. The van der Waals surface area contributed by atoms with Gasteiger partial charge in [-0.25, -0.2) is 17.1 Å². The minimum absolute atomic E-state index is 0.170. The molecule has 2 aromatic carbocycles. The molecule has 0 atom stereocenters. The molecule has 0 saturated heterocycles. The topological polar surface area (TPSA) is 77.3 Å². The van der Waals surface area contributed by atoms with E-state index in [1.54, 1.807) is 36.4 Å². The molecule has 0 N–H and O–H groups in total. The molecule has 0 bridgehead atoms. The Hall–Kier alpha value is -2.69. The van der Waals surface area contributed by atoms with Crippen LogP contribution in [-0.4, -0.2) is 41.6 Å². The maximum Gasteiger partial charge on any atom is 0.242 e. The third-order valence-electron chi connectivity index (χ3n) is 4.33. The predicted molar refractivity (Wildman–Crippen MR) is 118 cm³/mol. The van der Waals surface area contributed by atoms with Crippen LogP contribution >= 0.6 is 11.8 Å². The molecule has 1 aromatic heterocycles. The molecule has 0 spiro atoms. The molecule has 1 heterocycles. The summed E-state index contributed by atoms with van der Waals surface area (Å²) in [6, 6.07) is 12.6. The van der Waals surface area contributed by atoms with E-state index in [9.17, 15) is 12.8 Å². The molecular formula is C21H23FN4O3S2. The fourth-order valence-electron chi connectivity index (χ4n) is 2.68. The number of thioether (sulfide) groups is 1. The summed E-state index contributed by atoms with van der Waals surface area (Å²) in [6.45, 7) is 4.44. The minimum Gasteiger partial charge on any atom is -0.486 e. The number of halogens is 1. The van der Waals surface area contributed by atoms with Gasteiger partial charge in [0.25, 0.3) is 0 Å². The van der Waals surface area contributed by atoms with Crippen molar-refractivity contribution in [1.82, 2.24) is 19.1 Å². The van der Waals surface area contributed by atoms with Gasteiger partial charge < -0.3 is 4.74 Å². The zero-order valence-electron chi connectivity index (χ0n) is 17.2. The van der Waals surface area contributed by atoms with Gasteiger partial charge in [-0.05, 0) is 42.0 Å². The smallest absolute Gasteiger partial charge is 0.242 e. The third kappa shape index (κ3) is 5.72. The molecule has 0 radical (unpaired) electrons. The zero-order valence-corrected chi connectivity index (χ0v) is 18.9. The van der Waals surface area contributed by atoms with Crippen LogP contribution in [0.3, 0.4) is 0 Å². The SMILES string of the molecule is C=CCn1c(COc2ccc(F)cc2)nnc1SCc1cccc(S(=O)(=O)N(C)C)c1. The van der Waals surface area contributed by atoms with Crippen LogP contribution in [0, 0.1) is 5.82 Å². The Kier molecular flexibility index (Phi) is 7.47. The lowest BCUT2D eigenvalue weighted by Gasteiger charge is -2.12. The minimum atomic E-state index is -3.49. The number of rotatable bonds is 10. The quantitative estimate of drug-likeness (QED) is 0.338. The number of aromatic nitrogens is 3. The van der Waals surface area contributed by atoms with E-state index in [0.717, 1.165) is 5.56 Å². The van der Waals surface area contributed by atoms with Gasteiger partial charge in [0, 0.05) is 26.4 Å². The lowest BCUT2D eigenvalue weighted by molar-refractivity contribution is 0.288. The van der Waals surface area contributed by atoms with Crippen molar-refractivity contribution in [3.63, 3.8) is 0 Å². The van der Waals surface area contributed by atoms with E-state index in [4.69, 9.17) is 4.74 Å². The molecule has 0 amide bonds. The van der Waals surface area contributed by atoms with Gasteiger partial charge in [0.1, 0.15) is 18.2 Å². The summed E-state index contributed by atoms with van der Waals surface area (Å²) in [4.78, 5) is 0.247. The summed E-state index contributed by atoms with van der Waals surface area (Å²) in [5, 5.41) is 9.10. The van der Waals surface area contributed by atoms with Crippen LogP contribution in [0.15, 0.2) is 71.2 Å². The Morgan fingerprint density at radius 3 is 2.61 bits per heavy atom. The lowest BCUT2D eigenvalue weighted by atomic mass is 10.2. The van der Waals surface area contributed by atoms with Gasteiger partial charge in [-0.1, -0.05) is 30.0 Å². The normalized spacial score (nSPS) is 11.6. The molecule has 31 heavy (non-hydrogen) atoms. The molecule has 0 aliphatic rings. The second-order valence-electron chi connectivity index (χ2n) is 6.76. The monoisotopic (exact) mass is 462 g/mol. The highest BCUT2D eigenvalue weighted by atomic mass is 32.2. The average molecular weight is 463 g/mol. The first-order valence-corrected chi connectivity index (χ1v) is 11.8. The Morgan fingerprint density at radius 1 is 1.19 bits per heavy atom. The fraction of sp³-hybridized carbons (Fsp3) is 0.238. The zero-order chi connectivity index (χ0) is 22.4. The molecule has 0 unspecified atom stereocenters. The second kappa shape index (κ2) is 10.1. The van der Waals surface area contributed by atoms with Gasteiger partial charge in [0.05, 0.1) is 4.90 Å². The number of benzene rings is 2. The van der Waals surface area contributed by atoms with Crippen molar-refractivity contribution >= 4 is 21.8 Å². The third-order valence-corrected chi connectivity index (χ3v) is 7.18. The van der Waals surface area contributed by atoms with E-state index in [0.29, 0.717) is 29.0 Å². The molecule has 0 aliphatic heterocycles. The molecular weight excluding hydrogens is 439 g/mol. The van der Waals surface area contributed by atoms with Gasteiger partial charge in [-0.3, -0.25) is 4.57 Å². The first-order chi connectivity index (χ1) is 14.8. The van der Waals surface area contributed by atoms with Crippen LogP contribution in [0.5, 0.6) is 5.75 Å². The maximum atomic E-state index is 13.0. The number of ether oxygens (including phenoxy) is 1. The van der Waals surface area contributed by atoms with E-state index in [1.165, 1.54) is 42.3 Å². The maximum absolute atomic E-state index is 13.0. The Morgan fingerprint density at radius 2 is 1.94 bits per heavy atom. The molecule has 3 aromatic rings. The second-order valence-corrected chi connectivity index (χ2v) is 9.86. The number of sulfonamides is 1. The molecule has 164 valence electrons. The fourth-order valence-corrected chi connectivity index (χ4v) is 4.56. The molecule has 0 saturated carbocycles. The van der Waals surface area contributed by atoms with Gasteiger partial charge in [-0.2, -0.15) is 0 Å². The summed E-state index contributed by atoms with van der Waals surface area (Å²) in [6.07, 6.45) is 1.74. The van der Waals surface area contributed by atoms with E-state index >= 15 is 0 Å². The van der Waals surface area contributed by atoms with Crippen LogP contribution in [0.25, 0.3) is 0 Å². The Bertz CT molecular complexity index is 1150. The summed E-state index contributed by atoms with van der Waals surface area (Å²) in [5.74, 6) is 1.33. The van der Waals surface area contributed by atoms with Gasteiger partial charge in [0.2, 0.25) is 10.0 Å². The largest absolute Gasteiger partial charge is 0.486 e. The van der Waals surface area contributed by atoms with Crippen molar-refractivity contribution in [2.45, 2.75) is 29.0 Å². The number of allylic oxidation sites excluding steroid dienone is 1. The summed E-state index contributed by atoms with van der Waals surface area (Å²) >= 11 is 1.44. The Labute approximate surface area is 185 Å². The van der Waals surface area contributed by atoms with Gasteiger partial charge >= 0.3 is 0 Å².